The Bertz CT molecular complexity index is 544. The van der Waals surface area contributed by atoms with E-state index in [1.807, 2.05) is 20.8 Å². The highest BCUT2D eigenvalue weighted by atomic mass is 32.2. The van der Waals surface area contributed by atoms with Gasteiger partial charge in [-0.15, -0.1) is 0 Å². The lowest BCUT2D eigenvalue weighted by Gasteiger charge is -2.14. The average molecular weight is 314 g/mol. The predicted molar refractivity (Wildman–Crippen MR) is 85.0 cm³/mol. The van der Waals surface area contributed by atoms with E-state index in [9.17, 15) is 8.42 Å². The second-order valence-corrected chi connectivity index (χ2v) is 6.89. The molecule has 0 radical (unpaired) electrons. The summed E-state index contributed by atoms with van der Waals surface area (Å²) >= 11 is 0. The molecule has 1 atom stereocenters. The zero-order valence-electron chi connectivity index (χ0n) is 13.3. The van der Waals surface area contributed by atoms with Crippen molar-refractivity contribution in [3.8, 4) is 5.75 Å². The third-order valence-electron chi connectivity index (χ3n) is 3.45. The second kappa shape index (κ2) is 8.36. The Morgan fingerprint density at radius 2 is 2.00 bits per heavy atom. The van der Waals surface area contributed by atoms with Crippen LogP contribution in [0.4, 0.5) is 0 Å². The molecule has 0 spiro atoms. The summed E-state index contributed by atoms with van der Waals surface area (Å²) < 4.78 is 32.5. The summed E-state index contributed by atoms with van der Waals surface area (Å²) in [5, 5.41) is 3.18. The van der Waals surface area contributed by atoms with Crippen LogP contribution >= 0.6 is 0 Å². The quantitative estimate of drug-likeness (QED) is 0.733. The maximum absolute atomic E-state index is 12.3. The highest BCUT2D eigenvalue weighted by Crippen LogP contribution is 2.22. The van der Waals surface area contributed by atoms with E-state index in [1.54, 1.807) is 25.3 Å². The molecule has 0 aromatic heterocycles. The van der Waals surface area contributed by atoms with E-state index in [2.05, 4.69) is 10.0 Å². The number of nitrogens with one attached hydrogen (secondary N) is 2. The summed E-state index contributed by atoms with van der Waals surface area (Å²) in [6.45, 7) is 7.91. The summed E-state index contributed by atoms with van der Waals surface area (Å²) in [4.78, 5) is 0.277. The van der Waals surface area contributed by atoms with Crippen molar-refractivity contribution in [1.82, 2.24) is 10.0 Å². The molecular formula is C15H26N2O3S. The van der Waals surface area contributed by atoms with Gasteiger partial charge in [0.15, 0.2) is 0 Å². The van der Waals surface area contributed by atoms with Gasteiger partial charge >= 0.3 is 0 Å². The van der Waals surface area contributed by atoms with Crippen molar-refractivity contribution < 1.29 is 13.2 Å². The summed E-state index contributed by atoms with van der Waals surface area (Å²) in [5.41, 5.74) is 0.839. The Labute approximate surface area is 128 Å². The van der Waals surface area contributed by atoms with Crippen LogP contribution in [0, 0.1) is 5.92 Å². The van der Waals surface area contributed by atoms with Gasteiger partial charge in [0, 0.05) is 18.7 Å². The second-order valence-electron chi connectivity index (χ2n) is 5.12. The van der Waals surface area contributed by atoms with Gasteiger partial charge in [-0.3, -0.25) is 0 Å². The van der Waals surface area contributed by atoms with Gasteiger partial charge in [0.25, 0.3) is 0 Å². The van der Waals surface area contributed by atoms with Crippen LogP contribution in [-0.4, -0.2) is 28.6 Å². The standard InChI is InChI=1S/C15H26N2O3S/c1-5-12(3)10-17-21(18,19)14-7-8-15(20-4)13(9-14)11-16-6-2/h7-9,12,16-17H,5-6,10-11H2,1-4H3. The van der Waals surface area contributed by atoms with E-state index in [1.165, 1.54) is 0 Å². The number of methoxy groups -OCH3 is 1. The van der Waals surface area contributed by atoms with E-state index in [0.29, 0.717) is 24.8 Å². The van der Waals surface area contributed by atoms with Crippen molar-refractivity contribution in [2.45, 2.75) is 38.6 Å². The fourth-order valence-electron chi connectivity index (χ4n) is 1.80. The number of rotatable bonds is 9. The van der Waals surface area contributed by atoms with E-state index < -0.39 is 10.0 Å². The third-order valence-corrected chi connectivity index (χ3v) is 4.87. The van der Waals surface area contributed by atoms with Gasteiger partial charge in [-0.2, -0.15) is 0 Å². The van der Waals surface area contributed by atoms with E-state index >= 15 is 0 Å². The predicted octanol–water partition coefficient (Wildman–Crippen LogP) is 2.13. The SMILES string of the molecule is CCNCc1cc(S(=O)(=O)NCC(C)CC)ccc1OC. The van der Waals surface area contributed by atoms with Crippen LogP contribution in [0.3, 0.4) is 0 Å². The molecule has 0 aliphatic rings. The van der Waals surface area contributed by atoms with Crippen LogP contribution in [0.2, 0.25) is 0 Å². The van der Waals surface area contributed by atoms with Crippen LogP contribution in [0.15, 0.2) is 23.1 Å². The number of sulfonamides is 1. The summed E-state index contributed by atoms with van der Waals surface area (Å²) in [7, 11) is -1.89. The Kier molecular flexibility index (Phi) is 7.14. The molecule has 0 amide bonds. The Morgan fingerprint density at radius 1 is 1.29 bits per heavy atom. The first-order valence-electron chi connectivity index (χ1n) is 7.31. The fraction of sp³-hybridized carbons (Fsp3) is 0.600. The van der Waals surface area contributed by atoms with Gasteiger partial charge in [0.2, 0.25) is 10.0 Å². The van der Waals surface area contributed by atoms with Crippen molar-refractivity contribution in [3.05, 3.63) is 23.8 Å². The van der Waals surface area contributed by atoms with Gasteiger partial charge in [-0.1, -0.05) is 27.2 Å². The van der Waals surface area contributed by atoms with Crippen molar-refractivity contribution in [3.63, 3.8) is 0 Å². The first-order chi connectivity index (χ1) is 9.94. The van der Waals surface area contributed by atoms with Gasteiger partial charge in [-0.25, -0.2) is 13.1 Å². The monoisotopic (exact) mass is 314 g/mol. The minimum Gasteiger partial charge on any atom is -0.496 e. The average Bonchev–Trinajstić information content (AvgIpc) is 2.50. The highest BCUT2D eigenvalue weighted by molar-refractivity contribution is 7.89. The van der Waals surface area contributed by atoms with Crippen molar-refractivity contribution in [2.75, 3.05) is 20.2 Å². The molecule has 0 aliphatic carbocycles. The first-order valence-corrected chi connectivity index (χ1v) is 8.80. The molecular weight excluding hydrogens is 288 g/mol. The fourth-order valence-corrected chi connectivity index (χ4v) is 3.01. The van der Waals surface area contributed by atoms with Gasteiger partial charge < -0.3 is 10.1 Å². The lowest BCUT2D eigenvalue weighted by atomic mass is 10.1. The largest absolute Gasteiger partial charge is 0.496 e. The Hall–Kier alpha value is -1.11. The molecule has 0 aliphatic heterocycles. The molecule has 0 saturated carbocycles. The molecule has 0 heterocycles. The molecule has 0 fully saturated rings. The molecule has 6 heteroatoms. The van der Waals surface area contributed by atoms with Crippen LogP contribution in [0.25, 0.3) is 0 Å². The molecule has 1 aromatic rings. The number of hydrogen-bond acceptors (Lipinski definition) is 4. The molecule has 1 aromatic carbocycles. The lowest BCUT2D eigenvalue weighted by Crippen LogP contribution is -2.28. The van der Waals surface area contributed by atoms with Crippen LogP contribution in [-0.2, 0) is 16.6 Å². The molecule has 1 rings (SSSR count). The highest BCUT2D eigenvalue weighted by Gasteiger charge is 2.17. The van der Waals surface area contributed by atoms with Crippen molar-refractivity contribution >= 4 is 10.0 Å². The van der Waals surface area contributed by atoms with Crippen LogP contribution in [0.5, 0.6) is 5.75 Å². The summed E-state index contributed by atoms with van der Waals surface area (Å²) in [5.74, 6) is 1.01. The normalized spacial score (nSPS) is 13.1. The minimum absolute atomic E-state index is 0.277. The van der Waals surface area contributed by atoms with E-state index in [-0.39, 0.29) is 4.90 Å². The maximum atomic E-state index is 12.3. The minimum atomic E-state index is -3.47. The van der Waals surface area contributed by atoms with E-state index in [4.69, 9.17) is 4.74 Å². The smallest absolute Gasteiger partial charge is 0.240 e. The number of ether oxygens (including phenoxy) is 1. The zero-order valence-corrected chi connectivity index (χ0v) is 14.1. The molecule has 5 nitrogen and oxygen atoms in total. The molecule has 1 unspecified atom stereocenters. The van der Waals surface area contributed by atoms with Crippen molar-refractivity contribution in [2.24, 2.45) is 5.92 Å². The molecule has 0 saturated heterocycles. The zero-order chi connectivity index (χ0) is 15.9. The van der Waals surface area contributed by atoms with E-state index in [0.717, 1.165) is 18.5 Å². The summed E-state index contributed by atoms with van der Waals surface area (Å²) in [6.07, 6.45) is 0.941. The molecule has 2 N–H and O–H groups in total. The van der Waals surface area contributed by atoms with Crippen molar-refractivity contribution in [1.29, 1.82) is 0 Å². The Morgan fingerprint density at radius 3 is 2.57 bits per heavy atom. The van der Waals surface area contributed by atoms with Gasteiger partial charge in [0.05, 0.1) is 12.0 Å². The lowest BCUT2D eigenvalue weighted by molar-refractivity contribution is 0.407. The van der Waals surface area contributed by atoms with Crippen LogP contribution < -0.4 is 14.8 Å². The first kappa shape index (κ1) is 17.9. The summed E-state index contributed by atoms with van der Waals surface area (Å²) in [6, 6.07) is 4.94. The third kappa shape index (κ3) is 5.30. The topological polar surface area (TPSA) is 67.4 Å². The van der Waals surface area contributed by atoms with Gasteiger partial charge in [-0.05, 0) is 30.7 Å². The van der Waals surface area contributed by atoms with Gasteiger partial charge in [0.1, 0.15) is 5.75 Å². The Balaban J connectivity index is 2.95. The number of hydrogen-bond donors (Lipinski definition) is 2. The molecule has 120 valence electrons. The molecule has 0 bridgehead atoms. The number of benzene rings is 1. The van der Waals surface area contributed by atoms with Crippen LogP contribution in [0.1, 0.15) is 32.8 Å². The maximum Gasteiger partial charge on any atom is 0.240 e. The molecule has 21 heavy (non-hydrogen) atoms.